The van der Waals surface area contributed by atoms with Crippen molar-refractivity contribution >= 4 is 5.91 Å². The van der Waals surface area contributed by atoms with E-state index in [9.17, 15) is 4.79 Å². The molecule has 1 saturated heterocycles. The molecule has 1 atom stereocenters. The van der Waals surface area contributed by atoms with Crippen LogP contribution < -0.4 is 10.6 Å². The van der Waals surface area contributed by atoms with Gasteiger partial charge in [0.25, 0.3) is 5.91 Å². The third-order valence-electron chi connectivity index (χ3n) is 3.63. The topological polar surface area (TPSA) is 84.7 Å². The minimum atomic E-state index is -0.0872. The molecule has 0 aromatic carbocycles. The lowest BCUT2D eigenvalue weighted by molar-refractivity contribution is 0.0952. The van der Waals surface area contributed by atoms with Crippen LogP contribution in [-0.2, 0) is 0 Å². The van der Waals surface area contributed by atoms with Gasteiger partial charge >= 0.3 is 0 Å². The van der Waals surface area contributed by atoms with Gasteiger partial charge in [-0.1, -0.05) is 0 Å². The standard InChI is InChI=1S/C14H18N6O/c21-14(16-7-5-12-2-1-6-15-12)11-3-4-13(17-8-11)20-9-18-19-10-20/h3-4,8-10,12,15H,1-2,5-7H2,(H,16,21)/t12-/m0/s1. The summed E-state index contributed by atoms with van der Waals surface area (Å²) in [6, 6.07) is 4.07. The summed E-state index contributed by atoms with van der Waals surface area (Å²) in [7, 11) is 0. The number of rotatable bonds is 5. The Hall–Kier alpha value is -2.28. The lowest BCUT2D eigenvalue weighted by Gasteiger charge is -2.10. The zero-order valence-corrected chi connectivity index (χ0v) is 11.7. The van der Waals surface area contributed by atoms with Crippen LogP contribution in [0.25, 0.3) is 5.82 Å². The summed E-state index contributed by atoms with van der Waals surface area (Å²) in [5.74, 6) is 0.600. The fourth-order valence-electron chi connectivity index (χ4n) is 2.46. The fourth-order valence-corrected chi connectivity index (χ4v) is 2.46. The summed E-state index contributed by atoms with van der Waals surface area (Å²) < 4.78 is 1.69. The molecule has 1 fully saturated rings. The number of pyridine rings is 1. The van der Waals surface area contributed by atoms with Gasteiger partial charge in [0.1, 0.15) is 18.5 Å². The van der Waals surface area contributed by atoms with E-state index in [-0.39, 0.29) is 5.91 Å². The lowest BCUT2D eigenvalue weighted by Crippen LogP contribution is -2.30. The monoisotopic (exact) mass is 286 g/mol. The minimum absolute atomic E-state index is 0.0872. The van der Waals surface area contributed by atoms with Crippen LogP contribution in [0.2, 0.25) is 0 Å². The van der Waals surface area contributed by atoms with Crippen molar-refractivity contribution in [3.8, 4) is 5.82 Å². The second kappa shape index (κ2) is 6.45. The van der Waals surface area contributed by atoms with Crippen LogP contribution in [0.3, 0.4) is 0 Å². The molecule has 1 aliphatic rings. The average Bonchev–Trinajstić information content (AvgIpc) is 3.21. The van der Waals surface area contributed by atoms with Crippen molar-refractivity contribution in [2.75, 3.05) is 13.1 Å². The smallest absolute Gasteiger partial charge is 0.252 e. The molecule has 3 heterocycles. The Balaban J connectivity index is 1.52. The Morgan fingerprint density at radius 3 is 2.90 bits per heavy atom. The van der Waals surface area contributed by atoms with E-state index in [0.717, 1.165) is 13.0 Å². The molecule has 0 aliphatic carbocycles. The highest BCUT2D eigenvalue weighted by atomic mass is 16.1. The molecule has 21 heavy (non-hydrogen) atoms. The van der Waals surface area contributed by atoms with Crippen LogP contribution in [0.1, 0.15) is 29.6 Å². The summed E-state index contributed by atoms with van der Waals surface area (Å²) in [6.07, 6.45) is 8.10. The molecule has 0 bridgehead atoms. The fraction of sp³-hybridized carbons (Fsp3) is 0.429. The van der Waals surface area contributed by atoms with Gasteiger partial charge in [0.2, 0.25) is 0 Å². The zero-order valence-electron chi connectivity index (χ0n) is 11.7. The van der Waals surface area contributed by atoms with E-state index >= 15 is 0 Å². The van der Waals surface area contributed by atoms with Crippen LogP contribution in [0, 0.1) is 0 Å². The van der Waals surface area contributed by atoms with Gasteiger partial charge in [0.15, 0.2) is 0 Å². The van der Waals surface area contributed by atoms with E-state index in [0.29, 0.717) is 24.0 Å². The normalized spacial score (nSPS) is 17.8. The lowest BCUT2D eigenvalue weighted by atomic mass is 10.1. The molecular weight excluding hydrogens is 268 g/mol. The second-order valence-electron chi connectivity index (χ2n) is 5.11. The van der Waals surface area contributed by atoms with E-state index < -0.39 is 0 Å². The van der Waals surface area contributed by atoms with Gasteiger partial charge in [-0.15, -0.1) is 10.2 Å². The molecule has 1 amide bonds. The Labute approximate surface area is 122 Å². The quantitative estimate of drug-likeness (QED) is 0.837. The van der Waals surface area contributed by atoms with E-state index in [1.54, 1.807) is 35.6 Å². The maximum absolute atomic E-state index is 12.0. The van der Waals surface area contributed by atoms with Crippen molar-refractivity contribution in [2.24, 2.45) is 0 Å². The number of aromatic nitrogens is 4. The number of amides is 1. The van der Waals surface area contributed by atoms with E-state index in [4.69, 9.17) is 0 Å². The van der Waals surface area contributed by atoms with Crippen LogP contribution in [0.5, 0.6) is 0 Å². The first-order valence-corrected chi connectivity index (χ1v) is 7.15. The first-order valence-electron chi connectivity index (χ1n) is 7.15. The molecule has 7 nitrogen and oxygen atoms in total. The molecule has 0 unspecified atom stereocenters. The van der Waals surface area contributed by atoms with Gasteiger partial charge in [-0.2, -0.15) is 0 Å². The van der Waals surface area contributed by atoms with Crippen molar-refractivity contribution < 1.29 is 4.79 Å². The van der Waals surface area contributed by atoms with E-state index in [1.165, 1.54) is 12.8 Å². The average molecular weight is 286 g/mol. The number of hydrogen-bond acceptors (Lipinski definition) is 5. The molecule has 110 valence electrons. The Morgan fingerprint density at radius 1 is 1.38 bits per heavy atom. The minimum Gasteiger partial charge on any atom is -0.352 e. The van der Waals surface area contributed by atoms with Crippen molar-refractivity contribution in [2.45, 2.75) is 25.3 Å². The zero-order chi connectivity index (χ0) is 14.5. The molecule has 0 radical (unpaired) electrons. The predicted octanol–water partition coefficient (Wildman–Crippen LogP) is 0.534. The molecule has 2 N–H and O–H groups in total. The van der Waals surface area contributed by atoms with E-state index in [1.807, 2.05) is 0 Å². The number of carbonyl (C=O) groups excluding carboxylic acids is 1. The third-order valence-corrected chi connectivity index (χ3v) is 3.63. The summed E-state index contributed by atoms with van der Waals surface area (Å²) in [4.78, 5) is 16.3. The maximum Gasteiger partial charge on any atom is 0.252 e. The summed E-state index contributed by atoms with van der Waals surface area (Å²) in [5, 5.41) is 13.8. The van der Waals surface area contributed by atoms with Gasteiger partial charge in [0.05, 0.1) is 5.56 Å². The molecule has 2 aromatic rings. The Bertz CT molecular complexity index is 574. The Kier molecular flexibility index (Phi) is 4.20. The van der Waals surface area contributed by atoms with Crippen LogP contribution in [0.4, 0.5) is 0 Å². The SMILES string of the molecule is O=C(NCC[C@@H]1CCCN1)c1ccc(-n2cnnc2)nc1. The number of hydrogen-bond donors (Lipinski definition) is 2. The highest BCUT2D eigenvalue weighted by molar-refractivity contribution is 5.93. The number of nitrogens with zero attached hydrogens (tertiary/aromatic N) is 4. The summed E-state index contributed by atoms with van der Waals surface area (Å²) in [6.45, 7) is 1.77. The second-order valence-corrected chi connectivity index (χ2v) is 5.11. The van der Waals surface area contributed by atoms with Gasteiger partial charge in [-0.3, -0.25) is 9.36 Å². The first kappa shape index (κ1) is 13.7. The van der Waals surface area contributed by atoms with Gasteiger partial charge < -0.3 is 10.6 Å². The first-order chi connectivity index (χ1) is 10.3. The Morgan fingerprint density at radius 2 is 2.24 bits per heavy atom. The third kappa shape index (κ3) is 3.43. The summed E-state index contributed by atoms with van der Waals surface area (Å²) in [5.41, 5.74) is 0.561. The van der Waals surface area contributed by atoms with Crippen molar-refractivity contribution in [3.05, 3.63) is 36.5 Å². The molecule has 0 spiro atoms. The molecule has 0 saturated carbocycles. The number of nitrogens with one attached hydrogen (secondary N) is 2. The van der Waals surface area contributed by atoms with Crippen LogP contribution in [0.15, 0.2) is 31.0 Å². The van der Waals surface area contributed by atoms with Crippen molar-refractivity contribution in [1.29, 1.82) is 0 Å². The number of carbonyl (C=O) groups is 1. The highest BCUT2D eigenvalue weighted by Gasteiger charge is 2.14. The predicted molar refractivity (Wildman–Crippen MR) is 77.1 cm³/mol. The molecule has 3 rings (SSSR count). The van der Waals surface area contributed by atoms with Gasteiger partial charge in [0, 0.05) is 18.8 Å². The van der Waals surface area contributed by atoms with Crippen LogP contribution in [-0.4, -0.2) is 44.8 Å². The van der Waals surface area contributed by atoms with Crippen molar-refractivity contribution in [3.63, 3.8) is 0 Å². The summed E-state index contributed by atoms with van der Waals surface area (Å²) >= 11 is 0. The molecule has 1 aliphatic heterocycles. The highest BCUT2D eigenvalue weighted by Crippen LogP contribution is 2.08. The molecular formula is C14H18N6O. The van der Waals surface area contributed by atoms with Gasteiger partial charge in [-0.05, 0) is 37.9 Å². The molecule has 2 aromatic heterocycles. The largest absolute Gasteiger partial charge is 0.352 e. The van der Waals surface area contributed by atoms with E-state index in [2.05, 4.69) is 25.8 Å². The molecule has 7 heteroatoms. The van der Waals surface area contributed by atoms with Crippen LogP contribution >= 0.6 is 0 Å². The maximum atomic E-state index is 12.0. The van der Waals surface area contributed by atoms with Gasteiger partial charge in [-0.25, -0.2) is 4.98 Å². The van der Waals surface area contributed by atoms with Crippen molar-refractivity contribution in [1.82, 2.24) is 30.4 Å².